The first-order valence-electron chi connectivity index (χ1n) is 8.06. The minimum Gasteiger partial charge on any atom is -0.329 e. The standard InChI is InChI=1S/C15H28N2O2S/c1-17(9-14-8-12-3-4-13(14)7-12)15(10-16)5-2-6-20(18,19)11-15/h12-14H,2-11,16H2,1H3. The van der Waals surface area contributed by atoms with Crippen LogP contribution in [0.1, 0.15) is 38.5 Å². The van der Waals surface area contributed by atoms with Gasteiger partial charge in [0, 0.05) is 18.6 Å². The van der Waals surface area contributed by atoms with Gasteiger partial charge in [-0.05, 0) is 56.9 Å². The number of hydrogen-bond donors (Lipinski definition) is 1. The van der Waals surface area contributed by atoms with E-state index in [4.69, 9.17) is 5.73 Å². The van der Waals surface area contributed by atoms with Crippen LogP contribution in [0.3, 0.4) is 0 Å². The summed E-state index contributed by atoms with van der Waals surface area (Å²) in [5.74, 6) is 3.21. The molecule has 0 spiro atoms. The van der Waals surface area contributed by atoms with E-state index in [-0.39, 0.29) is 11.3 Å². The van der Waals surface area contributed by atoms with Gasteiger partial charge in [0.15, 0.2) is 9.84 Å². The van der Waals surface area contributed by atoms with E-state index in [1.165, 1.54) is 25.7 Å². The van der Waals surface area contributed by atoms with Crippen molar-refractivity contribution >= 4 is 9.84 Å². The van der Waals surface area contributed by atoms with Crippen molar-refractivity contribution in [2.75, 3.05) is 31.6 Å². The predicted molar refractivity (Wildman–Crippen MR) is 81.2 cm³/mol. The number of hydrogen-bond acceptors (Lipinski definition) is 4. The second kappa shape index (κ2) is 5.25. The van der Waals surface area contributed by atoms with Crippen LogP contribution in [-0.2, 0) is 9.84 Å². The molecule has 4 unspecified atom stereocenters. The van der Waals surface area contributed by atoms with Gasteiger partial charge in [-0.1, -0.05) is 6.42 Å². The molecule has 5 heteroatoms. The Balaban J connectivity index is 1.69. The monoisotopic (exact) mass is 300 g/mol. The van der Waals surface area contributed by atoms with Gasteiger partial charge in [0.1, 0.15) is 0 Å². The van der Waals surface area contributed by atoms with Gasteiger partial charge in [-0.3, -0.25) is 4.90 Å². The van der Waals surface area contributed by atoms with Gasteiger partial charge in [-0.2, -0.15) is 0 Å². The number of likely N-dealkylation sites (N-methyl/N-ethyl adjacent to an activating group) is 1. The fourth-order valence-electron chi connectivity index (χ4n) is 4.94. The Labute approximate surface area is 123 Å². The van der Waals surface area contributed by atoms with Crippen LogP contribution in [0.25, 0.3) is 0 Å². The zero-order valence-electron chi connectivity index (χ0n) is 12.6. The Morgan fingerprint density at radius 1 is 1.30 bits per heavy atom. The molecule has 1 heterocycles. The lowest BCUT2D eigenvalue weighted by Gasteiger charge is -2.45. The van der Waals surface area contributed by atoms with E-state index in [9.17, 15) is 8.42 Å². The summed E-state index contributed by atoms with van der Waals surface area (Å²) in [6, 6.07) is 0. The summed E-state index contributed by atoms with van der Waals surface area (Å²) in [4.78, 5) is 2.30. The van der Waals surface area contributed by atoms with Crippen LogP contribution < -0.4 is 5.73 Å². The Morgan fingerprint density at radius 2 is 2.10 bits per heavy atom. The molecule has 4 atom stereocenters. The maximum atomic E-state index is 12.0. The molecule has 3 rings (SSSR count). The minimum atomic E-state index is -2.91. The molecule has 2 N–H and O–H groups in total. The summed E-state index contributed by atoms with van der Waals surface area (Å²) in [5.41, 5.74) is 5.70. The fraction of sp³-hybridized carbons (Fsp3) is 1.00. The van der Waals surface area contributed by atoms with Crippen molar-refractivity contribution in [3.63, 3.8) is 0 Å². The van der Waals surface area contributed by atoms with Crippen molar-refractivity contribution < 1.29 is 8.42 Å². The van der Waals surface area contributed by atoms with Crippen LogP contribution in [0.5, 0.6) is 0 Å². The normalized spacial score (nSPS) is 43.2. The Bertz CT molecular complexity index is 464. The average Bonchev–Trinajstić information content (AvgIpc) is 2.99. The second-order valence-corrected chi connectivity index (χ2v) is 9.62. The van der Waals surface area contributed by atoms with Gasteiger partial charge in [0.05, 0.1) is 11.5 Å². The van der Waals surface area contributed by atoms with Gasteiger partial charge in [0.25, 0.3) is 0 Å². The smallest absolute Gasteiger partial charge is 0.152 e. The minimum absolute atomic E-state index is 0.258. The molecule has 1 aliphatic heterocycles. The molecule has 3 aliphatic rings. The average molecular weight is 300 g/mol. The third kappa shape index (κ3) is 2.64. The number of rotatable bonds is 4. The lowest BCUT2D eigenvalue weighted by atomic mass is 9.86. The zero-order valence-corrected chi connectivity index (χ0v) is 13.4. The molecule has 0 radical (unpaired) electrons. The van der Waals surface area contributed by atoms with E-state index in [1.807, 2.05) is 0 Å². The lowest BCUT2D eigenvalue weighted by Crippen LogP contribution is -2.59. The van der Waals surface area contributed by atoms with Gasteiger partial charge >= 0.3 is 0 Å². The Morgan fingerprint density at radius 3 is 2.65 bits per heavy atom. The largest absolute Gasteiger partial charge is 0.329 e. The van der Waals surface area contributed by atoms with Crippen LogP contribution in [0.15, 0.2) is 0 Å². The highest BCUT2D eigenvalue weighted by atomic mass is 32.2. The predicted octanol–water partition coefficient (Wildman–Crippen LogP) is 1.26. The summed E-state index contributed by atoms with van der Waals surface area (Å²) >= 11 is 0. The number of nitrogens with two attached hydrogens (primary N) is 1. The van der Waals surface area contributed by atoms with E-state index >= 15 is 0 Å². The summed E-state index contributed by atoms with van der Waals surface area (Å²) in [6.07, 6.45) is 7.26. The molecule has 2 saturated carbocycles. The topological polar surface area (TPSA) is 63.4 Å². The molecule has 4 nitrogen and oxygen atoms in total. The van der Waals surface area contributed by atoms with E-state index in [0.717, 1.165) is 37.1 Å². The molecule has 116 valence electrons. The summed E-state index contributed by atoms with van der Waals surface area (Å²) in [7, 11) is -0.816. The quantitative estimate of drug-likeness (QED) is 0.849. The van der Waals surface area contributed by atoms with Crippen molar-refractivity contribution in [2.45, 2.75) is 44.1 Å². The van der Waals surface area contributed by atoms with Gasteiger partial charge < -0.3 is 5.73 Å². The first-order valence-corrected chi connectivity index (χ1v) is 9.88. The molecule has 0 aromatic carbocycles. The van der Waals surface area contributed by atoms with Crippen LogP contribution in [-0.4, -0.2) is 50.5 Å². The molecule has 2 aliphatic carbocycles. The first-order chi connectivity index (χ1) is 9.44. The molecule has 0 aromatic rings. The molecular formula is C15H28N2O2S. The van der Waals surface area contributed by atoms with Gasteiger partial charge in [-0.25, -0.2) is 8.42 Å². The van der Waals surface area contributed by atoms with E-state index < -0.39 is 9.84 Å². The van der Waals surface area contributed by atoms with E-state index in [1.54, 1.807) is 0 Å². The third-order valence-corrected chi connectivity index (χ3v) is 8.06. The fourth-order valence-corrected chi connectivity index (χ4v) is 6.97. The van der Waals surface area contributed by atoms with Crippen LogP contribution in [0.4, 0.5) is 0 Å². The Hall–Kier alpha value is -0.130. The maximum Gasteiger partial charge on any atom is 0.152 e. The molecule has 2 bridgehead atoms. The third-order valence-electron chi connectivity index (χ3n) is 6.17. The highest BCUT2D eigenvalue weighted by molar-refractivity contribution is 7.91. The van der Waals surface area contributed by atoms with E-state index in [2.05, 4.69) is 11.9 Å². The molecule has 0 amide bonds. The van der Waals surface area contributed by atoms with E-state index in [0.29, 0.717) is 12.3 Å². The van der Waals surface area contributed by atoms with Crippen LogP contribution in [0.2, 0.25) is 0 Å². The van der Waals surface area contributed by atoms with Crippen molar-refractivity contribution in [1.29, 1.82) is 0 Å². The summed E-state index contributed by atoms with van der Waals surface area (Å²) in [5, 5.41) is 0. The summed E-state index contributed by atoms with van der Waals surface area (Å²) in [6.45, 7) is 1.50. The number of nitrogens with zero attached hydrogens (tertiary/aromatic N) is 1. The van der Waals surface area contributed by atoms with Crippen molar-refractivity contribution in [3.05, 3.63) is 0 Å². The highest BCUT2D eigenvalue weighted by Gasteiger charge is 2.45. The van der Waals surface area contributed by atoms with Crippen LogP contribution in [0, 0.1) is 17.8 Å². The SMILES string of the molecule is CN(CC1CC2CCC1C2)C1(CN)CCCS(=O)(=O)C1. The number of fused-ring (bicyclic) bond motifs is 2. The zero-order chi connectivity index (χ0) is 14.4. The van der Waals surface area contributed by atoms with Crippen molar-refractivity contribution in [2.24, 2.45) is 23.5 Å². The van der Waals surface area contributed by atoms with Gasteiger partial charge in [-0.15, -0.1) is 0 Å². The molecule has 0 aromatic heterocycles. The molecule has 1 saturated heterocycles. The highest BCUT2D eigenvalue weighted by Crippen LogP contribution is 2.48. The molecular weight excluding hydrogens is 272 g/mol. The summed E-state index contributed by atoms with van der Waals surface area (Å²) < 4.78 is 24.0. The molecule has 20 heavy (non-hydrogen) atoms. The maximum absolute atomic E-state index is 12.0. The molecule has 3 fully saturated rings. The Kier molecular flexibility index (Phi) is 3.89. The first kappa shape index (κ1) is 14.8. The van der Waals surface area contributed by atoms with Crippen LogP contribution >= 0.6 is 0 Å². The number of sulfone groups is 1. The second-order valence-electron chi connectivity index (χ2n) is 7.44. The van der Waals surface area contributed by atoms with Crippen molar-refractivity contribution in [1.82, 2.24) is 4.90 Å². The van der Waals surface area contributed by atoms with Crippen molar-refractivity contribution in [3.8, 4) is 0 Å². The lowest BCUT2D eigenvalue weighted by molar-refractivity contribution is 0.0961. The van der Waals surface area contributed by atoms with Gasteiger partial charge in [0.2, 0.25) is 0 Å².